The third-order valence-electron chi connectivity index (χ3n) is 5.64. The summed E-state index contributed by atoms with van der Waals surface area (Å²) < 4.78 is 0. The maximum absolute atomic E-state index is 13.6. The first-order valence-corrected chi connectivity index (χ1v) is 11.4. The largest absolute Gasteiger partial charge is 0.398 e. The lowest BCUT2D eigenvalue weighted by molar-refractivity contribution is 0.257. The number of carbonyl (C=O) groups is 1. The summed E-state index contributed by atoms with van der Waals surface area (Å²) in [6.07, 6.45) is 2.14. The molecule has 168 valence electrons. The highest BCUT2D eigenvalue weighted by atomic mass is 35.5. The normalized spacial score (nSPS) is 10.6. The molecule has 32 heavy (non-hydrogen) atoms. The van der Waals surface area contributed by atoms with Gasteiger partial charge in [-0.25, -0.2) is 4.79 Å². The molecule has 0 fully saturated rings. The van der Waals surface area contributed by atoms with E-state index < -0.39 is 0 Å². The number of anilines is 4. The van der Waals surface area contributed by atoms with E-state index in [1.54, 1.807) is 11.0 Å². The quantitative estimate of drug-likeness (QED) is 0.349. The molecule has 0 saturated heterocycles. The van der Waals surface area contributed by atoms with Crippen molar-refractivity contribution in [3.63, 3.8) is 0 Å². The first-order valence-electron chi connectivity index (χ1n) is 11.0. The summed E-state index contributed by atoms with van der Waals surface area (Å²) in [4.78, 5) is 15.3. The van der Waals surface area contributed by atoms with E-state index in [4.69, 9.17) is 17.3 Å². The fourth-order valence-electron chi connectivity index (χ4n) is 3.85. The van der Waals surface area contributed by atoms with E-state index in [2.05, 4.69) is 22.8 Å². The number of nitrogen functional groups attached to an aromatic ring is 1. The van der Waals surface area contributed by atoms with Crippen LogP contribution in [0.3, 0.4) is 0 Å². The van der Waals surface area contributed by atoms with E-state index in [-0.39, 0.29) is 6.03 Å². The number of urea groups is 1. The van der Waals surface area contributed by atoms with Crippen LogP contribution in [0.25, 0.3) is 0 Å². The number of halogens is 1. The molecule has 0 radical (unpaired) electrons. The molecular weight excluding hydrogens is 420 g/mol. The summed E-state index contributed by atoms with van der Waals surface area (Å²) >= 11 is 6.47. The topological polar surface area (TPSA) is 70.4 Å². The molecule has 5 nitrogen and oxygen atoms in total. The van der Waals surface area contributed by atoms with Gasteiger partial charge in [-0.2, -0.15) is 0 Å². The third kappa shape index (κ3) is 5.35. The van der Waals surface area contributed by atoms with Crippen molar-refractivity contribution in [3.8, 4) is 0 Å². The zero-order valence-electron chi connectivity index (χ0n) is 18.9. The molecule has 0 saturated carbocycles. The van der Waals surface area contributed by atoms with Crippen LogP contribution in [0, 0.1) is 0 Å². The fourth-order valence-corrected chi connectivity index (χ4v) is 4.20. The van der Waals surface area contributed by atoms with E-state index in [1.165, 1.54) is 5.56 Å². The molecule has 3 rings (SSSR count). The summed E-state index contributed by atoms with van der Waals surface area (Å²) in [5, 5.41) is 6.82. The SMILES string of the molecule is CCc1c(N)cc(Cl)c(CC)c1NC(=O)N(CCc1ccccc1)c1ccc(NC)cc1. The van der Waals surface area contributed by atoms with Gasteiger partial charge in [0.1, 0.15) is 0 Å². The number of amides is 2. The average Bonchev–Trinajstić information content (AvgIpc) is 2.80. The fraction of sp³-hybridized carbons (Fsp3) is 0.269. The zero-order chi connectivity index (χ0) is 23.1. The first kappa shape index (κ1) is 23.5. The Labute approximate surface area is 195 Å². The summed E-state index contributed by atoms with van der Waals surface area (Å²) in [5.41, 5.74) is 12.3. The Bertz CT molecular complexity index is 1020. The van der Waals surface area contributed by atoms with Crippen molar-refractivity contribution < 1.29 is 4.79 Å². The summed E-state index contributed by atoms with van der Waals surface area (Å²) in [7, 11) is 1.87. The highest BCUT2D eigenvalue weighted by Crippen LogP contribution is 2.34. The number of benzene rings is 3. The molecule has 2 amide bonds. The number of nitrogens with two attached hydrogens (primary N) is 1. The minimum atomic E-state index is -0.204. The molecule has 0 atom stereocenters. The maximum Gasteiger partial charge on any atom is 0.326 e. The van der Waals surface area contributed by atoms with E-state index in [0.717, 1.165) is 34.6 Å². The van der Waals surface area contributed by atoms with Crippen molar-refractivity contribution in [1.29, 1.82) is 0 Å². The summed E-state index contributed by atoms with van der Waals surface area (Å²) in [5.74, 6) is 0. The number of nitrogens with one attached hydrogen (secondary N) is 2. The van der Waals surface area contributed by atoms with Gasteiger partial charge in [0.2, 0.25) is 0 Å². The molecular formula is C26H31ClN4O. The van der Waals surface area contributed by atoms with Gasteiger partial charge in [0, 0.05) is 35.7 Å². The Kier molecular flexibility index (Phi) is 8.01. The molecule has 0 aliphatic rings. The molecule has 4 N–H and O–H groups in total. The number of hydrogen-bond acceptors (Lipinski definition) is 3. The molecule has 0 aliphatic heterocycles. The van der Waals surface area contributed by atoms with Crippen molar-refractivity contribution in [2.24, 2.45) is 0 Å². The third-order valence-corrected chi connectivity index (χ3v) is 5.98. The zero-order valence-corrected chi connectivity index (χ0v) is 19.7. The minimum Gasteiger partial charge on any atom is -0.398 e. The molecule has 0 heterocycles. The minimum absolute atomic E-state index is 0.204. The van der Waals surface area contributed by atoms with Crippen LogP contribution >= 0.6 is 11.6 Å². The molecule has 6 heteroatoms. The van der Waals surface area contributed by atoms with Crippen molar-refractivity contribution in [2.45, 2.75) is 33.1 Å². The molecule has 3 aromatic carbocycles. The monoisotopic (exact) mass is 450 g/mol. The lowest BCUT2D eigenvalue weighted by Gasteiger charge is -2.26. The predicted octanol–water partition coefficient (Wildman–Crippen LogP) is 6.37. The van der Waals surface area contributed by atoms with E-state index >= 15 is 0 Å². The Morgan fingerprint density at radius 3 is 2.25 bits per heavy atom. The Hall–Kier alpha value is -3.18. The van der Waals surface area contributed by atoms with Crippen LogP contribution in [-0.4, -0.2) is 19.6 Å². The Balaban J connectivity index is 1.94. The Morgan fingerprint density at radius 2 is 1.66 bits per heavy atom. The number of hydrogen-bond donors (Lipinski definition) is 3. The van der Waals surface area contributed by atoms with Crippen LogP contribution < -0.4 is 21.3 Å². The van der Waals surface area contributed by atoms with Crippen LogP contribution in [-0.2, 0) is 19.3 Å². The molecule has 0 bridgehead atoms. The van der Waals surface area contributed by atoms with Crippen LogP contribution in [0.2, 0.25) is 5.02 Å². The molecule has 0 unspecified atom stereocenters. The number of rotatable bonds is 8. The smallest absolute Gasteiger partial charge is 0.326 e. The van der Waals surface area contributed by atoms with Crippen LogP contribution in [0.5, 0.6) is 0 Å². The second kappa shape index (κ2) is 10.9. The number of carbonyl (C=O) groups excluding carboxylic acids is 1. The highest BCUT2D eigenvalue weighted by Gasteiger charge is 2.21. The van der Waals surface area contributed by atoms with Gasteiger partial charge in [-0.15, -0.1) is 0 Å². The summed E-state index contributed by atoms with van der Waals surface area (Å²) in [6.45, 7) is 4.59. The van der Waals surface area contributed by atoms with E-state index in [0.29, 0.717) is 30.1 Å². The lowest BCUT2D eigenvalue weighted by Crippen LogP contribution is -2.37. The van der Waals surface area contributed by atoms with E-state index in [9.17, 15) is 4.79 Å². The van der Waals surface area contributed by atoms with Gasteiger partial charge in [0.05, 0.1) is 5.69 Å². The van der Waals surface area contributed by atoms with E-state index in [1.807, 2.05) is 63.4 Å². The van der Waals surface area contributed by atoms with Gasteiger partial charge in [-0.1, -0.05) is 55.8 Å². The predicted molar refractivity (Wildman–Crippen MR) is 137 cm³/mol. The van der Waals surface area contributed by atoms with Gasteiger partial charge >= 0.3 is 6.03 Å². The average molecular weight is 451 g/mol. The second-order valence-corrected chi connectivity index (χ2v) is 8.01. The standard InChI is InChI=1S/C26H31ClN4O/c1-4-21-23(27)17-24(28)22(5-2)25(21)30-26(32)31(16-15-18-9-7-6-8-10-18)20-13-11-19(29-3)12-14-20/h6-14,17,29H,4-5,15-16,28H2,1-3H3,(H,30,32). The maximum atomic E-state index is 13.6. The van der Waals surface area contributed by atoms with Crippen molar-refractivity contribution >= 4 is 40.4 Å². The number of nitrogens with zero attached hydrogens (tertiary/aromatic N) is 1. The van der Waals surface area contributed by atoms with Crippen LogP contribution in [0.15, 0.2) is 60.7 Å². The highest BCUT2D eigenvalue weighted by molar-refractivity contribution is 6.32. The lowest BCUT2D eigenvalue weighted by atomic mass is 10.0. The second-order valence-electron chi connectivity index (χ2n) is 7.60. The van der Waals surface area contributed by atoms with Gasteiger partial charge in [0.25, 0.3) is 0 Å². The first-order chi connectivity index (χ1) is 15.5. The molecule has 0 spiro atoms. The van der Waals surface area contributed by atoms with Crippen molar-refractivity contribution in [3.05, 3.63) is 82.4 Å². The van der Waals surface area contributed by atoms with Crippen LogP contribution in [0.1, 0.15) is 30.5 Å². The molecule has 3 aromatic rings. The Morgan fingerprint density at radius 1 is 1.00 bits per heavy atom. The van der Waals surface area contributed by atoms with Gasteiger partial charge < -0.3 is 16.4 Å². The van der Waals surface area contributed by atoms with Crippen molar-refractivity contribution in [2.75, 3.05) is 34.9 Å². The van der Waals surface area contributed by atoms with Gasteiger partial charge in [-0.05, 0) is 66.3 Å². The summed E-state index contributed by atoms with van der Waals surface area (Å²) in [6, 6.07) is 19.6. The molecule has 0 aromatic heterocycles. The van der Waals surface area contributed by atoms with Gasteiger partial charge in [-0.3, -0.25) is 4.90 Å². The molecule has 0 aliphatic carbocycles. The van der Waals surface area contributed by atoms with Crippen molar-refractivity contribution in [1.82, 2.24) is 0 Å². The van der Waals surface area contributed by atoms with Gasteiger partial charge in [0.15, 0.2) is 0 Å². The van der Waals surface area contributed by atoms with Crippen LogP contribution in [0.4, 0.5) is 27.5 Å².